The third kappa shape index (κ3) is 1.84. The summed E-state index contributed by atoms with van der Waals surface area (Å²) in [7, 11) is -5.74. The third-order valence-corrected chi connectivity index (χ3v) is 4.34. The lowest BCUT2D eigenvalue weighted by molar-refractivity contribution is -0.0500. The zero-order chi connectivity index (χ0) is 14.7. The molecule has 0 aromatic heterocycles. The lowest BCUT2D eigenvalue weighted by Crippen LogP contribution is -2.28. The minimum atomic E-state index is -5.74. The van der Waals surface area contributed by atoms with Crippen LogP contribution in [0.5, 0.6) is 11.5 Å². The smallest absolute Gasteiger partial charge is 0.508 e. The van der Waals surface area contributed by atoms with Gasteiger partial charge in [0.2, 0.25) is 0 Å². The van der Waals surface area contributed by atoms with Crippen molar-refractivity contribution in [2.45, 2.75) is 30.6 Å². The van der Waals surface area contributed by atoms with Gasteiger partial charge in [0.25, 0.3) is 0 Å². The Morgan fingerprint density at radius 2 is 1.80 bits per heavy atom. The highest BCUT2D eigenvalue weighted by Crippen LogP contribution is 2.56. The summed E-state index contributed by atoms with van der Waals surface area (Å²) in [4.78, 5) is 0. The first-order chi connectivity index (χ1) is 9.21. The first kappa shape index (κ1) is 13.5. The predicted molar refractivity (Wildman–Crippen MR) is 59.5 cm³/mol. The maximum Gasteiger partial charge on any atom is 0.534 e. The first-order valence-corrected chi connectivity index (χ1v) is 7.13. The SMILES string of the molecule is O=S(=O)(Oc1ccc(O)c2c1C1CCC2O1)C(F)(F)F. The van der Waals surface area contributed by atoms with Crippen molar-refractivity contribution in [1.82, 2.24) is 0 Å². The van der Waals surface area contributed by atoms with Crippen LogP contribution in [0.25, 0.3) is 0 Å². The Labute approximate surface area is 112 Å². The van der Waals surface area contributed by atoms with Crippen molar-refractivity contribution < 1.29 is 35.6 Å². The van der Waals surface area contributed by atoms with Crippen LogP contribution in [0.1, 0.15) is 36.2 Å². The summed E-state index contributed by atoms with van der Waals surface area (Å²) in [6.45, 7) is 0. The topological polar surface area (TPSA) is 72.8 Å². The summed E-state index contributed by atoms with van der Waals surface area (Å²) in [6, 6.07) is 2.10. The van der Waals surface area contributed by atoms with Crippen molar-refractivity contribution in [3.05, 3.63) is 23.3 Å². The second-order valence-corrected chi connectivity index (χ2v) is 6.12. The molecule has 1 aromatic rings. The standard InChI is InChI=1S/C11H9F3O5S/c12-11(13,14)20(16,17)19-8-2-1-5(15)9-6-3-4-7(18-6)10(8)9/h1-2,6-7,15H,3-4H2. The Bertz CT molecular complexity index is 667. The van der Waals surface area contributed by atoms with E-state index in [-0.39, 0.29) is 11.3 Å². The maximum absolute atomic E-state index is 12.3. The zero-order valence-electron chi connectivity index (χ0n) is 9.85. The van der Waals surface area contributed by atoms with Gasteiger partial charge >= 0.3 is 15.6 Å². The number of phenols is 1. The van der Waals surface area contributed by atoms with Gasteiger partial charge < -0.3 is 14.0 Å². The van der Waals surface area contributed by atoms with Gasteiger partial charge in [-0.3, -0.25) is 0 Å². The first-order valence-electron chi connectivity index (χ1n) is 5.72. The molecule has 1 aromatic carbocycles. The molecule has 2 bridgehead atoms. The van der Waals surface area contributed by atoms with Crippen LogP contribution in [0.4, 0.5) is 13.2 Å². The molecule has 0 spiro atoms. The molecule has 9 heteroatoms. The average Bonchev–Trinajstić information content (AvgIpc) is 2.92. The molecule has 2 unspecified atom stereocenters. The molecule has 5 nitrogen and oxygen atoms in total. The molecule has 0 amide bonds. The Kier molecular flexibility index (Phi) is 2.71. The number of fused-ring (bicyclic) bond motifs is 5. The molecule has 20 heavy (non-hydrogen) atoms. The largest absolute Gasteiger partial charge is 0.534 e. The monoisotopic (exact) mass is 310 g/mol. The van der Waals surface area contributed by atoms with Crippen LogP contribution in [0, 0.1) is 0 Å². The third-order valence-electron chi connectivity index (χ3n) is 3.37. The van der Waals surface area contributed by atoms with E-state index in [2.05, 4.69) is 4.18 Å². The number of phenolic OH excluding ortho intramolecular Hbond substituents is 1. The Morgan fingerprint density at radius 1 is 1.20 bits per heavy atom. The Balaban J connectivity index is 2.06. The summed E-state index contributed by atoms with van der Waals surface area (Å²) in [6.07, 6.45) is 0.206. The second-order valence-electron chi connectivity index (χ2n) is 4.58. The summed E-state index contributed by atoms with van der Waals surface area (Å²) in [5, 5.41) is 9.73. The molecule has 0 saturated carbocycles. The fraction of sp³-hybridized carbons (Fsp3) is 0.455. The number of hydrogen-bond acceptors (Lipinski definition) is 5. The minimum Gasteiger partial charge on any atom is -0.508 e. The second kappa shape index (κ2) is 4.01. The van der Waals surface area contributed by atoms with Crippen LogP contribution < -0.4 is 4.18 Å². The van der Waals surface area contributed by atoms with Gasteiger partial charge in [0, 0.05) is 11.1 Å². The molecule has 2 atom stereocenters. The number of alkyl halides is 3. The summed E-state index contributed by atoms with van der Waals surface area (Å²) in [5.41, 5.74) is -5.00. The molecule has 1 N–H and O–H groups in total. The van der Waals surface area contributed by atoms with E-state index in [0.29, 0.717) is 18.4 Å². The highest BCUT2D eigenvalue weighted by Gasteiger charge is 2.50. The van der Waals surface area contributed by atoms with Crippen LogP contribution in [0.2, 0.25) is 0 Å². The van der Waals surface area contributed by atoms with Crippen molar-refractivity contribution in [2.75, 3.05) is 0 Å². The van der Waals surface area contributed by atoms with Crippen molar-refractivity contribution >= 4 is 10.1 Å². The van der Waals surface area contributed by atoms with E-state index in [1.165, 1.54) is 0 Å². The molecular formula is C11H9F3O5S. The van der Waals surface area contributed by atoms with Crippen LogP contribution in [-0.4, -0.2) is 19.0 Å². The molecule has 2 aliphatic heterocycles. The van der Waals surface area contributed by atoms with E-state index in [1.807, 2.05) is 0 Å². The Hall–Kier alpha value is -1.48. The molecule has 1 fully saturated rings. The van der Waals surface area contributed by atoms with Gasteiger partial charge in [-0.25, -0.2) is 0 Å². The van der Waals surface area contributed by atoms with E-state index in [9.17, 15) is 26.7 Å². The molecule has 3 rings (SSSR count). The van der Waals surface area contributed by atoms with E-state index < -0.39 is 33.6 Å². The fourth-order valence-corrected chi connectivity index (χ4v) is 3.05. The lowest BCUT2D eigenvalue weighted by atomic mass is 9.90. The number of ether oxygens (including phenoxy) is 1. The van der Waals surface area contributed by atoms with E-state index in [0.717, 1.165) is 12.1 Å². The van der Waals surface area contributed by atoms with Gasteiger partial charge in [-0.1, -0.05) is 0 Å². The number of aromatic hydroxyl groups is 1. The maximum atomic E-state index is 12.3. The quantitative estimate of drug-likeness (QED) is 0.671. The van der Waals surface area contributed by atoms with Crippen LogP contribution >= 0.6 is 0 Å². The van der Waals surface area contributed by atoms with Crippen molar-refractivity contribution in [1.29, 1.82) is 0 Å². The van der Waals surface area contributed by atoms with Crippen molar-refractivity contribution in [3.63, 3.8) is 0 Å². The van der Waals surface area contributed by atoms with Crippen LogP contribution in [0.3, 0.4) is 0 Å². The minimum absolute atomic E-state index is 0.135. The van der Waals surface area contributed by atoms with E-state index >= 15 is 0 Å². The van der Waals surface area contributed by atoms with Gasteiger partial charge in [-0.15, -0.1) is 0 Å². The average molecular weight is 310 g/mol. The van der Waals surface area contributed by atoms with Crippen LogP contribution in [-0.2, 0) is 14.9 Å². The van der Waals surface area contributed by atoms with Gasteiger partial charge in [-0.05, 0) is 25.0 Å². The molecule has 0 radical (unpaired) electrons. The summed E-state index contributed by atoms with van der Waals surface area (Å²) in [5.74, 6) is -0.578. The normalized spacial score (nSPS) is 24.8. The number of rotatable bonds is 2. The highest BCUT2D eigenvalue weighted by molar-refractivity contribution is 7.88. The molecule has 110 valence electrons. The lowest BCUT2D eigenvalue weighted by Gasteiger charge is -2.17. The van der Waals surface area contributed by atoms with Gasteiger partial charge in [0.1, 0.15) is 11.5 Å². The molecule has 1 saturated heterocycles. The number of halogens is 3. The molecular weight excluding hydrogens is 301 g/mol. The zero-order valence-corrected chi connectivity index (χ0v) is 10.7. The van der Waals surface area contributed by atoms with Crippen molar-refractivity contribution in [3.8, 4) is 11.5 Å². The van der Waals surface area contributed by atoms with E-state index in [1.54, 1.807) is 0 Å². The molecule has 2 heterocycles. The number of hydrogen-bond donors (Lipinski definition) is 1. The predicted octanol–water partition coefficient (Wildman–Crippen LogP) is 2.53. The molecule has 2 aliphatic rings. The van der Waals surface area contributed by atoms with Crippen molar-refractivity contribution in [2.24, 2.45) is 0 Å². The van der Waals surface area contributed by atoms with Crippen LogP contribution in [0.15, 0.2) is 12.1 Å². The summed E-state index contributed by atoms with van der Waals surface area (Å²) >= 11 is 0. The van der Waals surface area contributed by atoms with Gasteiger partial charge in [-0.2, -0.15) is 21.6 Å². The van der Waals surface area contributed by atoms with Gasteiger partial charge in [0.15, 0.2) is 0 Å². The van der Waals surface area contributed by atoms with Gasteiger partial charge in [0.05, 0.1) is 12.2 Å². The van der Waals surface area contributed by atoms with E-state index in [4.69, 9.17) is 4.74 Å². The summed E-state index contributed by atoms with van der Waals surface area (Å²) < 4.78 is 68.8. The fourth-order valence-electron chi connectivity index (χ4n) is 2.58. The Morgan fingerprint density at radius 3 is 2.40 bits per heavy atom. The highest BCUT2D eigenvalue weighted by atomic mass is 32.2. The molecule has 0 aliphatic carbocycles. The number of benzene rings is 1.